The van der Waals surface area contributed by atoms with Gasteiger partial charge in [-0.3, -0.25) is 4.79 Å². The van der Waals surface area contributed by atoms with Crippen molar-refractivity contribution in [1.82, 2.24) is 0 Å². The third-order valence-electron chi connectivity index (χ3n) is 2.02. The molecule has 0 aliphatic rings. The molecule has 1 heterocycles. The molecule has 0 fully saturated rings. The van der Waals surface area contributed by atoms with Gasteiger partial charge in [0.05, 0.1) is 4.88 Å². The Morgan fingerprint density at radius 1 is 1.35 bits per heavy atom. The van der Waals surface area contributed by atoms with Crippen LogP contribution in [0.3, 0.4) is 0 Å². The average molecular weight is 247 g/mol. The Hall–Kier alpha value is -2.19. The molecule has 1 aromatic heterocycles. The predicted molar refractivity (Wildman–Crippen MR) is 60.9 cm³/mol. The Labute approximate surface area is 101 Å². The van der Waals surface area contributed by atoms with Crippen LogP contribution in [0.4, 0.5) is 4.39 Å². The molecule has 0 saturated carbocycles. The normalized spacial score (nSPS) is 9.65. The van der Waals surface area contributed by atoms with E-state index in [4.69, 9.17) is 10.00 Å². The Balaban J connectivity index is 2.33. The molecule has 0 amide bonds. The number of hydrogen-bond donors (Lipinski definition) is 0. The molecule has 84 valence electrons. The molecule has 0 aliphatic carbocycles. The molecule has 2 aromatic rings. The smallest absolute Gasteiger partial charge is 0.181 e. The molecule has 0 saturated heterocycles. The zero-order chi connectivity index (χ0) is 12.3. The number of aldehydes is 1. The van der Waals surface area contributed by atoms with Crippen LogP contribution < -0.4 is 4.74 Å². The summed E-state index contributed by atoms with van der Waals surface area (Å²) in [5.41, 5.74) is -0.145. The fourth-order valence-corrected chi connectivity index (χ4v) is 1.94. The van der Waals surface area contributed by atoms with Gasteiger partial charge < -0.3 is 4.74 Å². The van der Waals surface area contributed by atoms with Gasteiger partial charge in [-0.15, -0.1) is 0 Å². The van der Waals surface area contributed by atoms with E-state index in [2.05, 4.69) is 0 Å². The molecule has 0 aliphatic heterocycles. The second kappa shape index (κ2) is 4.76. The molecule has 1 aromatic carbocycles. The summed E-state index contributed by atoms with van der Waals surface area (Å²) in [4.78, 5) is 11.0. The van der Waals surface area contributed by atoms with E-state index in [-0.39, 0.29) is 11.3 Å². The van der Waals surface area contributed by atoms with Gasteiger partial charge >= 0.3 is 0 Å². The van der Waals surface area contributed by atoms with E-state index in [0.717, 1.165) is 11.3 Å². The molecule has 0 spiro atoms. The van der Waals surface area contributed by atoms with Crippen LogP contribution in [0.1, 0.15) is 15.2 Å². The molecule has 0 radical (unpaired) electrons. The molecule has 3 nitrogen and oxygen atoms in total. The maximum Gasteiger partial charge on any atom is 0.181 e. The molecule has 2 rings (SSSR count). The van der Waals surface area contributed by atoms with E-state index in [9.17, 15) is 9.18 Å². The Kier molecular flexibility index (Phi) is 3.17. The Morgan fingerprint density at radius 2 is 2.18 bits per heavy atom. The van der Waals surface area contributed by atoms with Gasteiger partial charge in [0.2, 0.25) is 0 Å². The van der Waals surface area contributed by atoms with Gasteiger partial charge in [0.15, 0.2) is 11.3 Å². The number of carbonyl (C=O) groups excluding carboxylic acids is 1. The number of halogens is 1. The number of ether oxygens (including phenoxy) is 1. The molecule has 0 N–H and O–H groups in total. The van der Waals surface area contributed by atoms with Gasteiger partial charge in [0.25, 0.3) is 0 Å². The number of benzene rings is 1. The van der Waals surface area contributed by atoms with E-state index in [1.807, 2.05) is 0 Å². The number of nitriles is 1. The number of carbonyl (C=O) groups is 1. The first-order valence-electron chi connectivity index (χ1n) is 4.66. The maximum absolute atomic E-state index is 13.3. The summed E-state index contributed by atoms with van der Waals surface area (Å²) in [5.74, 6) is -0.482. The van der Waals surface area contributed by atoms with Crippen molar-refractivity contribution in [2.45, 2.75) is 0 Å². The van der Waals surface area contributed by atoms with Crippen molar-refractivity contribution in [1.29, 1.82) is 5.26 Å². The third kappa shape index (κ3) is 2.32. The van der Waals surface area contributed by atoms with Gasteiger partial charge in [-0.25, -0.2) is 4.39 Å². The zero-order valence-corrected chi connectivity index (χ0v) is 9.33. The maximum atomic E-state index is 13.3. The van der Waals surface area contributed by atoms with Crippen molar-refractivity contribution in [3.8, 4) is 16.9 Å². The van der Waals surface area contributed by atoms with Crippen LogP contribution in [0.2, 0.25) is 0 Å². The fourth-order valence-electron chi connectivity index (χ4n) is 1.26. The highest BCUT2D eigenvalue weighted by Crippen LogP contribution is 2.31. The van der Waals surface area contributed by atoms with Crippen LogP contribution in [0.5, 0.6) is 10.8 Å². The number of nitrogens with zero attached hydrogens (tertiary/aromatic N) is 1. The van der Waals surface area contributed by atoms with Gasteiger partial charge in [-0.05, 0) is 24.3 Å². The summed E-state index contributed by atoms with van der Waals surface area (Å²) < 4.78 is 18.6. The van der Waals surface area contributed by atoms with Crippen molar-refractivity contribution < 1.29 is 13.9 Å². The van der Waals surface area contributed by atoms with E-state index in [1.54, 1.807) is 18.2 Å². The van der Waals surface area contributed by atoms with E-state index in [1.165, 1.54) is 18.2 Å². The lowest BCUT2D eigenvalue weighted by Crippen LogP contribution is -1.89. The van der Waals surface area contributed by atoms with Crippen molar-refractivity contribution in [3.63, 3.8) is 0 Å². The topological polar surface area (TPSA) is 50.1 Å². The quantitative estimate of drug-likeness (QED) is 0.781. The van der Waals surface area contributed by atoms with Crippen LogP contribution >= 0.6 is 11.3 Å². The van der Waals surface area contributed by atoms with Gasteiger partial charge in [0.1, 0.15) is 23.2 Å². The highest BCUT2D eigenvalue weighted by Gasteiger charge is 2.10. The van der Waals surface area contributed by atoms with E-state index < -0.39 is 5.82 Å². The number of thiophene rings is 1. The SMILES string of the molecule is N#Cc1c(F)cccc1Oc1ccc(C=O)s1. The van der Waals surface area contributed by atoms with Crippen molar-refractivity contribution in [2.24, 2.45) is 0 Å². The minimum Gasteiger partial charge on any atom is -0.445 e. The highest BCUT2D eigenvalue weighted by molar-refractivity contribution is 7.15. The standard InChI is InChI=1S/C12H6FNO2S/c13-10-2-1-3-11(9(10)6-14)16-12-5-4-8(7-15)17-12/h1-5,7H. The van der Waals surface area contributed by atoms with Crippen LogP contribution in [-0.2, 0) is 0 Å². The first kappa shape index (κ1) is 11.3. The lowest BCUT2D eigenvalue weighted by atomic mass is 10.2. The average Bonchev–Trinajstić information content (AvgIpc) is 2.77. The lowest BCUT2D eigenvalue weighted by Gasteiger charge is -2.04. The summed E-state index contributed by atoms with van der Waals surface area (Å²) >= 11 is 1.13. The molecule has 5 heteroatoms. The van der Waals surface area contributed by atoms with Crippen molar-refractivity contribution >= 4 is 17.6 Å². The minimum atomic E-state index is -0.628. The zero-order valence-electron chi connectivity index (χ0n) is 8.51. The molecule has 17 heavy (non-hydrogen) atoms. The summed E-state index contributed by atoms with van der Waals surface area (Å²) in [5, 5.41) is 9.24. The van der Waals surface area contributed by atoms with Gasteiger partial charge in [-0.1, -0.05) is 17.4 Å². The minimum absolute atomic E-state index is 0.145. The van der Waals surface area contributed by atoms with Crippen molar-refractivity contribution in [3.05, 3.63) is 46.6 Å². The predicted octanol–water partition coefficient (Wildman–Crippen LogP) is 3.36. The van der Waals surface area contributed by atoms with E-state index >= 15 is 0 Å². The summed E-state index contributed by atoms with van der Waals surface area (Å²) in [6.07, 6.45) is 0.703. The van der Waals surface area contributed by atoms with Crippen LogP contribution in [0, 0.1) is 17.1 Å². The fraction of sp³-hybridized carbons (Fsp3) is 0. The monoisotopic (exact) mass is 247 g/mol. The van der Waals surface area contributed by atoms with Gasteiger partial charge in [0, 0.05) is 0 Å². The molecular formula is C12H6FNO2S. The summed E-state index contributed by atoms with van der Waals surface area (Å²) in [6, 6.07) is 9.08. The number of hydrogen-bond acceptors (Lipinski definition) is 4. The van der Waals surface area contributed by atoms with Crippen molar-refractivity contribution in [2.75, 3.05) is 0 Å². The molecule has 0 unspecified atom stereocenters. The van der Waals surface area contributed by atoms with Crippen LogP contribution in [0.25, 0.3) is 0 Å². The first-order valence-corrected chi connectivity index (χ1v) is 5.47. The summed E-state index contributed by atoms with van der Waals surface area (Å²) in [7, 11) is 0. The lowest BCUT2D eigenvalue weighted by molar-refractivity contribution is 0.112. The second-order valence-electron chi connectivity index (χ2n) is 3.10. The largest absolute Gasteiger partial charge is 0.445 e. The third-order valence-corrected chi connectivity index (χ3v) is 2.90. The Bertz CT molecular complexity index is 601. The first-order chi connectivity index (χ1) is 8.24. The second-order valence-corrected chi connectivity index (χ2v) is 4.18. The Morgan fingerprint density at radius 3 is 2.82 bits per heavy atom. The molecular weight excluding hydrogens is 241 g/mol. The molecule has 0 bridgehead atoms. The van der Waals surface area contributed by atoms with Crippen LogP contribution in [0.15, 0.2) is 30.3 Å². The van der Waals surface area contributed by atoms with Crippen LogP contribution in [-0.4, -0.2) is 6.29 Å². The van der Waals surface area contributed by atoms with Gasteiger partial charge in [-0.2, -0.15) is 5.26 Å². The van der Waals surface area contributed by atoms with E-state index in [0.29, 0.717) is 16.2 Å². The molecule has 0 atom stereocenters. The number of rotatable bonds is 3. The highest BCUT2D eigenvalue weighted by atomic mass is 32.1. The summed E-state index contributed by atoms with van der Waals surface area (Å²) in [6.45, 7) is 0.